The van der Waals surface area contributed by atoms with Crippen molar-refractivity contribution >= 4 is 51.0 Å². The Balaban J connectivity index is 1.39. The van der Waals surface area contributed by atoms with Gasteiger partial charge in [0.1, 0.15) is 0 Å². The van der Waals surface area contributed by atoms with Crippen LogP contribution in [0, 0.1) is 0 Å². The van der Waals surface area contributed by atoms with Crippen LogP contribution in [0.5, 0.6) is 0 Å². The average molecular weight is 611 g/mol. The van der Waals surface area contributed by atoms with E-state index in [4.69, 9.17) is 0 Å². The zero-order chi connectivity index (χ0) is 31.7. The summed E-state index contributed by atoms with van der Waals surface area (Å²) >= 11 is 0. The molecular weight excluding hydrogens is 579 g/mol. The minimum Gasteiger partial charge on any atom is -0.376 e. The van der Waals surface area contributed by atoms with E-state index in [2.05, 4.69) is 175 Å². The molecule has 7 aromatic carbocycles. The molecule has 0 bridgehead atoms. The molecule has 1 aromatic heterocycles. The smallest absolute Gasteiger partial charge is 0.333 e. The van der Waals surface area contributed by atoms with Gasteiger partial charge in [-0.3, -0.25) is 0 Å². The molecular formula is C45H31BN2. The Kier molecular flexibility index (Phi) is 5.03. The van der Waals surface area contributed by atoms with Gasteiger partial charge in [0.15, 0.2) is 0 Å². The van der Waals surface area contributed by atoms with E-state index in [0.29, 0.717) is 0 Å². The van der Waals surface area contributed by atoms with Crippen LogP contribution < -0.4 is 15.7 Å². The standard InChI is InChI=1S/C45H31BN2/c1-45(2)36-21-11-9-19-30(36)31-25-26-32-35-27-34(28-15-5-3-6-16-28)40-33-20-10-13-23-38(33)47-39-24-14-12-22-37(39)46(42(35)44(40)47)48(43(32)41(31)45)29-17-7-4-8-18-29/h3-27H,1-2H3. The molecule has 1 aliphatic carbocycles. The third-order valence-electron chi connectivity index (χ3n) is 11.3. The van der Waals surface area contributed by atoms with Crippen LogP contribution >= 0.6 is 0 Å². The van der Waals surface area contributed by atoms with Crippen molar-refractivity contribution < 1.29 is 0 Å². The number of fused-ring (bicyclic) bond motifs is 12. The Labute approximate surface area is 280 Å². The van der Waals surface area contributed by atoms with E-state index in [0.717, 1.165) is 0 Å². The minimum absolute atomic E-state index is 0.00116. The lowest BCUT2D eigenvalue weighted by atomic mass is 9.43. The van der Waals surface area contributed by atoms with Crippen LogP contribution in [0.25, 0.3) is 60.9 Å². The highest BCUT2D eigenvalue weighted by Crippen LogP contribution is 2.57. The number of nitrogens with zero attached hydrogens (tertiary/aromatic N) is 2. The highest BCUT2D eigenvalue weighted by molar-refractivity contribution is 6.93. The second-order valence-corrected chi connectivity index (χ2v) is 14.0. The van der Waals surface area contributed by atoms with Crippen molar-refractivity contribution in [3.63, 3.8) is 0 Å². The summed E-state index contributed by atoms with van der Waals surface area (Å²) in [6.07, 6.45) is 0. The van der Waals surface area contributed by atoms with Crippen molar-refractivity contribution in [1.29, 1.82) is 0 Å². The summed E-state index contributed by atoms with van der Waals surface area (Å²) in [4.78, 5) is 2.69. The average Bonchev–Trinajstić information content (AvgIpc) is 3.61. The first-order chi connectivity index (χ1) is 23.6. The summed E-state index contributed by atoms with van der Waals surface area (Å²) in [5, 5.41) is 2.63. The van der Waals surface area contributed by atoms with Crippen LogP contribution in [0.15, 0.2) is 152 Å². The summed E-state index contributed by atoms with van der Waals surface area (Å²) < 4.78 is 2.56. The van der Waals surface area contributed by atoms with E-state index in [-0.39, 0.29) is 12.3 Å². The monoisotopic (exact) mass is 610 g/mol. The molecule has 0 saturated carbocycles. The van der Waals surface area contributed by atoms with E-state index >= 15 is 0 Å². The summed E-state index contributed by atoms with van der Waals surface area (Å²) in [6.45, 7) is 4.84. The lowest BCUT2D eigenvalue weighted by molar-refractivity contribution is 0.661. The van der Waals surface area contributed by atoms with Crippen molar-refractivity contribution in [3.05, 3.63) is 163 Å². The lowest BCUT2D eigenvalue weighted by Gasteiger charge is -2.44. The van der Waals surface area contributed by atoms with Crippen molar-refractivity contribution in [3.8, 4) is 39.1 Å². The molecule has 0 spiro atoms. The van der Waals surface area contributed by atoms with Crippen molar-refractivity contribution in [2.75, 3.05) is 4.81 Å². The maximum atomic E-state index is 2.69. The molecule has 0 unspecified atom stereocenters. The van der Waals surface area contributed by atoms with Gasteiger partial charge in [0, 0.05) is 38.8 Å². The lowest BCUT2D eigenvalue weighted by Crippen LogP contribution is -2.61. The topological polar surface area (TPSA) is 8.17 Å². The van der Waals surface area contributed by atoms with Crippen molar-refractivity contribution in [2.45, 2.75) is 19.3 Å². The Hall–Kier alpha value is -5.80. The second-order valence-electron chi connectivity index (χ2n) is 14.0. The molecule has 48 heavy (non-hydrogen) atoms. The van der Waals surface area contributed by atoms with Gasteiger partial charge in [0.05, 0.1) is 11.0 Å². The Morgan fingerprint density at radius 1 is 0.562 bits per heavy atom. The van der Waals surface area contributed by atoms with Crippen molar-refractivity contribution in [1.82, 2.24) is 4.57 Å². The maximum absolute atomic E-state index is 2.69. The van der Waals surface area contributed by atoms with Crippen molar-refractivity contribution in [2.24, 2.45) is 0 Å². The summed E-state index contributed by atoms with van der Waals surface area (Å²) in [6, 6.07) is 56.6. The van der Waals surface area contributed by atoms with E-state index < -0.39 is 0 Å². The molecule has 0 radical (unpaired) electrons. The zero-order valence-corrected chi connectivity index (χ0v) is 26.9. The van der Waals surface area contributed by atoms with Gasteiger partial charge in [0.2, 0.25) is 0 Å². The van der Waals surface area contributed by atoms with E-state index in [1.54, 1.807) is 0 Å². The van der Waals surface area contributed by atoms with Gasteiger partial charge >= 0.3 is 6.85 Å². The van der Waals surface area contributed by atoms with Gasteiger partial charge in [0.25, 0.3) is 0 Å². The normalized spacial score (nSPS) is 14.5. The zero-order valence-electron chi connectivity index (χ0n) is 26.9. The molecule has 0 saturated heterocycles. The molecule has 0 fully saturated rings. The molecule has 8 aromatic rings. The predicted octanol–water partition coefficient (Wildman–Crippen LogP) is 9.99. The number of hydrogen-bond donors (Lipinski definition) is 0. The number of para-hydroxylation sites is 3. The number of hydrogen-bond acceptors (Lipinski definition) is 1. The number of anilines is 2. The molecule has 0 amide bonds. The van der Waals surface area contributed by atoms with E-state index in [9.17, 15) is 0 Å². The van der Waals surface area contributed by atoms with Crippen LogP contribution in [0.1, 0.15) is 25.0 Å². The molecule has 2 aliphatic heterocycles. The quantitative estimate of drug-likeness (QED) is 0.177. The summed E-state index contributed by atoms with van der Waals surface area (Å²) in [5.74, 6) is 0. The number of aromatic nitrogens is 1. The van der Waals surface area contributed by atoms with Gasteiger partial charge < -0.3 is 9.38 Å². The molecule has 0 N–H and O–H groups in total. The highest BCUT2D eigenvalue weighted by atomic mass is 15.1. The number of benzene rings is 7. The third kappa shape index (κ3) is 3.14. The summed E-state index contributed by atoms with van der Waals surface area (Å²) in [7, 11) is 0. The van der Waals surface area contributed by atoms with Gasteiger partial charge in [-0.1, -0.05) is 135 Å². The molecule has 3 heteroatoms. The highest BCUT2D eigenvalue weighted by Gasteiger charge is 2.48. The first-order valence-corrected chi connectivity index (χ1v) is 17.0. The molecule has 224 valence electrons. The molecule has 3 heterocycles. The Bertz CT molecular complexity index is 2650. The Morgan fingerprint density at radius 3 is 2.10 bits per heavy atom. The first kappa shape index (κ1) is 26.3. The van der Waals surface area contributed by atoms with Gasteiger partial charge in [-0.2, -0.15) is 0 Å². The SMILES string of the molecule is CC1(C)c2ccccc2-c2ccc3c(c21)N(c1ccccc1)B1c2ccccc2-n2c4ccccc4c4c(-c5ccccc5)cc-3c1c42. The minimum atomic E-state index is -0.169. The molecule has 3 aliphatic rings. The fourth-order valence-corrected chi connectivity index (χ4v) is 9.44. The maximum Gasteiger partial charge on any atom is 0.333 e. The van der Waals surface area contributed by atoms with Crippen LogP contribution in [-0.4, -0.2) is 11.4 Å². The van der Waals surface area contributed by atoms with E-state index in [1.165, 1.54) is 94.3 Å². The third-order valence-corrected chi connectivity index (χ3v) is 11.3. The van der Waals surface area contributed by atoms with Gasteiger partial charge in [-0.15, -0.1) is 0 Å². The Morgan fingerprint density at radius 2 is 1.25 bits per heavy atom. The fraction of sp³-hybridized carbons (Fsp3) is 0.0667. The fourth-order valence-electron chi connectivity index (χ4n) is 9.44. The summed E-state index contributed by atoms with van der Waals surface area (Å²) in [5.41, 5.74) is 19.6. The van der Waals surface area contributed by atoms with Gasteiger partial charge in [-0.05, 0) is 80.2 Å². The van der Waals surface area contributed by atoms with Crippen LogP contribution in [0.4, 0.5) is 11.4 Å². The molecule has 2 nitrogen and oxygen atoms in total. The van der Waals surface area contributed by atoms with Crippen LogP contribution in [0.2, 0.25) is 0 Å². The van der Waals surface area contributed by atoms with Crippen LogP contribution in [0.3, 0.4) is 0 Å². The predicted molar refractivity (Wildman–Crippen MR) is 203 cm³/mol. The largest absolute Gasteiger partial charge is 0.376 e. The van der Waals surface area contributed by atoms with Crippen LogP contribution in [-0.2, 0) is 5.41 Å². The second kappa shape index (κ2) is 9.17. The van der Waals surface area contributed by atoms with E-state index in [1.807, 2.05) is 0 Å². The van der Waals surface area contributed by atoms with Gasteiger partial charge in [-0.25, -0.2) is 0 Å². The first-order valence-electron chi connectivity index (χ1n) is 17.0. The molecule has 11 rings (SSSR count). The molecule has 0 atom stereocenters. The number of rotatable bonds is 2.